The van der Waals surface area contributed by atoms with Gasteiger partial charge in [0.05, 0.1) is 18.7 Å². The van der Waals surface area contributed by atoms with Gasteiger partial charge in [-0.05, 0) is 18.9 Å². The van der Waals surface area contributed by atoms with Crippen molar-refractivity contribution in [3.8, 4) is 0 Å². The van der Waals surface area contributed by atoms with Crippen molar-refractivity contribution in [3.05, 3.63) is 30.5 Å². The Bertz CT molecular complexity index is 595. The highest BCUT2D eigenvalue weighted by Crippen LogP contribution is 2.28. The predicted octanol–water partition coefficient (Wildman–Crippen LogP) is 2.64. The number of aromatic nitrogens is 1. The number of aliphatic imine (C=N–C) groups is 1. The Morgan fingerprint density at radius 1 is 1.31 bits per heavy atom. The first kappa shape index (κ1) is 20.5. The third kappa shape index (κ3) is 4.68. The van der Waals surface area contributed by atoms with Crippen LogP contribution in [0.3, 0.4) is 0 Å². The lowest BCUT2D eigenvalue weighted by Crippen LogP contribution is -2.61. The SMILES string of the molecule is C=CCN=C1NC(N(CCC)CCCCC)N(C)c2c1ccn2CCO. The van der Waals surface area contributed by atoms with Crippen molar-refractivity contribution >= 4 is 11.7 Å². The maximum absolute atomic E-state index is 9.43. The summed E-state index contributed by atoms with van der Waals surface area (Å²) >= 11 is 0. The Kier molecular flexibility index (Phi) is 8.19. The van der Waals surface area contributed by atoms with Gasteiger partial charge < -0.3 is 19.9 Å². The summed E-state index contributed by atoms with van der Waals surface area (Å²) in [5.74, 6) is 2.03. The van der Waals surface area contributed by atoms with Gasteiger partial charge in [0.15, 0.2) is 6.29 Å². The molecule has 6 heteroatoms. The largest absolute Gasteiger partial charge is 0.395 e. The molecule has 146 valence electrons. The first-order chi connectivity index (χ1) is 12.7. The third-order valence-corrected chi connectivity index (χ3v) is 4.78. The second-order valence-corrected chi connectivity index (χ2v) is 6.82. The summed E-state index contributed by atoms with van der Waals surface area (Å²) in [6, 6.07) is 2.08. The van der Waals surface area contributed by atoms with Crippen molar-refractivity contribution in [2.75, 3.05) is 38.2 Å². The van der Waals surface area contributed by atoms with Gasteiger partial charge in [-0.25, -0.2) is 0 Å². The van der Waals surface area contributed by atoms with Crippen LogP contribution in [0.5, 0.6) is 0 Å². The van der Waals surface area contributed by atoms with E-state index >= 15 is 0 Å². The summed E-state index contributed by atoms with van der Waals surface area (Å²) in [4.78, 5) is 9.47. The van der Waals surface area contributed by atoms with E-state index in [-0.39, 0.29) is 12.9 Å². The summed E-state index contributed by atoms with van der Waals surface area (Å²) in [6.45, 7) is 11.7. The van der Waals surface area contributed by atoms with E-state index in [9.17, 15) is 5.11 Å². The fourth-order valence-corrected chi connectivity index (χ4v) is 3.57. The number of fused-ring (bicyclic) bond motifs is 1. The molecule has 0 saturated heterocycles. The minimum absolute atomic E-state index is 0.0650. The molecule has 0 spiro atoms. The maximum Gasteiger partial charge on any atom is 0.160 e. The second-order valence-electron chi connectivity index (χ2n) is 6.82. The number of aliphatic hydroxyl groups is 1. The molecule has 0 fully saturated rings. The highest BCUT2D eigenvalue weighted by Gasteiger charge is 2.33. The number of unbranched alkanes of at least 4 members (excludes halogenated alkanes) is 2. The molecular weight excluding hydrogens is 326 g/mol. The van der Waals surface area contributed by atoms with Crippen molar-refractivity contribution in [3.63, 3.8) is 0 Å². The number of aliphatic hydroxyl groups excluding tert-OH is 1. The Hall–Kier alpha value is -1.79. The van der Waals surface area contributed by atoms with E-state index < -0.39 is 0 Å². The number of hydrogen-bond acceptors (Lipinski definition) is 4. The van der Waals surface area contributed by atoms with Crippen LogP contribution in [0.25, 0.3) is 0 Å². The summed E-state index contributed by atoms with van der Waals surface area (Å²) in [5, 5.41) is 13.1. The van der Waals surface area contributed by atoms with Gasteiger partial charge in [0.1, 0.15) is 11.7 Å². The summed E-state index contributed by atoms with van der Waals surface area (Å²) in [5.41, 5.74) is 1.09. The molecule has 2 N–H and O–H groups in total. The fraction of sp³-hybridized carbons (Fsp3) is 0.650. The topological polar surface area (TPSA) is 56.0 Å². The molecule has 0 radical (unpaired) electrons. The predicted molar refractivity (Wildman–Crippen MR) is 110 cm³/mol. The molecule has 2 rings (SSSR count). The van der Waals surface area contributed by atoms with Crippen molar-refractivity contribution in [2.45, 2.75) is 52.4 Å². The molecule has 1 unspecified atom stereocenters. The Morgan fingerprint density at radius 3 is 2.77 bits per heavy atom. The van der Waals surface area contributed by atoms with Crippen LogP contribution in [-0.4, -0.2) is 60.0 Å². The van der Waals surface area contributed by atoms with Crippen LogP contribution >= 0.6 is 0 Å². The molecule has 1 aliphatic heterocycles. The standard InChI is InChI=1S/C20H35N5O/c1-5-8-9-13-25(12-7-3)20-22-18(21-11-6-2)17-10-14-24(15-16-26)19(17)23(20)4/h6,10,14,20,26H,2,5,7-9,11-13,15-16H2,1,3-4H3,(H,21,22). The average Bonchev–Trinajstić information content (AvgIpc) is 3.06. The summed E-state index contributed by atoms with van der Waals surface area (Å²) in [7, 11) is 2.12. The van der Waals surface area contributed by atoms with Crippen LogP contribution in [0.2, 0.25) is 0 Å². The van der Waals surface area contributed by atoms with Crippen molar-refractivity contribution in [2.24, 2.45) is 4.99 Å². The zero-order valence-electron chi connectivity index (χ0n) is 16.6. The lowest BCUT2D eigenvalue weighted by Gasteiger charge is -2.43. The smallest absolute Gasteiger partial charge is 0.160 e. The first-order valence-corrected chi connectivity index (χ1v) is 9.87. The molecule has 0 saturated carbocycles. The maximum atomic E-state index is 9.43. The van der Waals surface area contributed by atoms with E-state index in [1.807, 2.05) is 12.3 Å². The normalized spacial score (nSPS) is 18.3. The van der Waals surface area contributed by atoms with Gasteiger partial charge in [-0.15, -0.1) is 6.58 Å². The molecule has 26 heavy (non-hydrogen) atoms. The number of hydrogen-bond donors (Lipinski definition) is 2. The fourth-order valence-electron chi connectivity index (χ4n) is 3.57. The molecule has 6 nitrogen and oxygen atoms in total. The van der Waals surface area contributed by atoms with Gasteiger partial charge in [0, 0.05) is 32.9 Å². The van der Waals surface area contributed by atoms with Crippen LogP contribution in [0.15, 0.2) is 29.9 Å². The van der Waals surface area contributed by atoms with Gasteiger partial charge in [-0.2, -0.15) is 0 Å². The molecule has 2 heterocycles. The molecule has 0 aromatic carbocycles. The number of anilines is 1. The zero-order valence-corrected chi connectivity index (χ0v) is 16.6. The van der Waals surface area contributed by atoms with E-state index in [0.717, 1.165) is 36.7 Å². The van der Waals surface area contributed by atoms with E-state index in [2.05, 4.69) is 53.2 Å². The van der Waals surface area contributed by atoms with E-state index in [4.69, 9.17) is 4.99 Å². The molecule has 1 aromatic rings. The molecule has 0 bridgehead atoms. The second kappa shape index (κ2) is 10.4. The zero-order chi connectivity index (χ0) is 18.9. The quantitative estimate of drug-likeness (QED) is 0.470. The van der Waals surface area contributed by atoms with E-state index in [0.29, 0.717) is 13.1 Å². The number of rotatable bonds is 11. The van der Waals surface area contributed by atoms with Crippen LogP contribution in [0, 0.1) is 0 Å². The van der Waals surface area contributed by atoms with Gasteiger partial charge in [0.25, 0.3) is 0 Å². The van der Waals surface area contributed by atoms with Gasteiger partial charge in [-0.3, -0.25) is 9.89 Å². The lowest BCUT2D eigenvalue weighted by molar-refractivity contribution is 0.174. The molecule has 1 aromatic heterocycles. The number of nitrogens with zero attached hydrogens (tertiary/aromatic N) is 4. The molecule has 1 atom stereocenters. The van der Waals surface area contributed by atoms with Crippen LogP contribution < -0.4 is 10.2 Å². The van der Waals surface area contributed by atoms with Crippen LogP contribution in [0.1, 0.15) is 45.1 Å². The Morgan fingerprint density at radius 2 is 2.12 bits per heavy atom. The van der Waals surface area contributed by atoms with Crippen molar-refractivity contribution in [1.82, 2.24) is 14.8 Å². The van der Waals surface area contributed by atoms with Crippen molar-refractivity contribution < 1.29 is 5.11 Å². The van der Waals surface area contributed by atoms with Gasteiger partial charge in [-0.1, -0.05) is 32.8 Å². The third-order valence-electron chi connectivity index (χ3n) is 4.78. The van der Waals surface area contributed by atoms with E-state index in [1.54, 1.807) is 0 Å². The number of nitrogens with one attached hydrogen (secondary N) is 1. The highest BCUT2D eigenvalue weighted by molar-refractivity contribution is 6.05. The Balaban J connectivity index is 2.34. The Labute approximate surface area is 158 Å². The number of amidine groups is 1. The highest BCUT2D eigenvalue weighted by atomic mass is 16.3. The average molecular weight is 362 g/mol. The van der Waals surface area contributed by atoms with E-state index in [1.165, 1.54) is 19.3 Å². The first-order valence-electron chi connectivity index (χ1n) is 9.87. The minimum Gasteiger partial charge on any atom is -0.395 e. The van der Waals surface area contributed by atoms with Crippen LogP contribution in [0.4, 0.5) is 5.82 Å². The van der Waals surface area contributed by atoms with Gasteiger partial charge in [0.2, 0.25) is 0 Å². The molecular formula is C20H35N5O. The van der Waals surface area contributed by atoms with Gasteiger partial charge >= 0.3 is 0 Å². The summed E-state index contributed by atoms with van der Waals surface area (Å²) in [6.07, 6.45) is 8.71. The minimum atomic E-state index is 0.0650. The molecule has 0 aliphatic carbocycles. The summed E-state index contributed by atoms with van der Waals surface area (Å²) < 4.78 is 2.11. The van der Waals surface area contributed by atoms with Crippen LogP contribution in [-0.2, 0) is 6.54 Å². The van der Waals surface area contributed by atoms with Crippen molar-refractivity contribution in [1.29, 1.82) is 0 Å². The molecule has 1 aliphatic rings. The monoisotopic (exact) mass is 361 g/mol. The lowest BCUT2D eigenvalue weighted by atomic mass is 10.2. The molecule has 0 amide bonds.